The van der Waals surface area contributed by atoms with Gasteiger partial charge in [-0.1, -0.05) is 33.6 Å². The zero-order valence-electron chi connectivity index (χ0n) is 10.1. The molecule has 0 aliphatic heterocycles. The standard InChI is InChI=1S/C14H13BrClNO2/c15-10-2-1-3-12(8-10)18-6-7-19-14-9-11(16)4-5-13(14)17/h1-5,8-9H,6-7,17H2. The Kier molecular flexibility index (Phi) is 4.93. The quantitative estimate of drug-likeness (QED) is 0.656. The maximum atomic E-state index is 5.87. The molecule has 0 saturated heterocycles. The lowest BCUT2D eigenvalue weighted by Crippen LogP contribution is -2.09. The highest BCUT2D eigenvalue weighted by Gasteiger charge is 2.01. The van der Waals surface area contributed by atoms with Crippen LogP contribution in [0.3, 0.4) is 0 Å². The Balaban J connectivity index is 1.82. The molecule has 0 aromatic heterocycles. The monoisotopic (exact) mass is 341 g/mol. The minimum atomic E-state index is 0.400. The van der Waals surface area contributed by atoms with Gasteiger partial charge in [0.25, 0.3) is 0 Å². The van der Waals surface area contributed by atoms with E-state index in [2.05, 4.69) is 15.9 Å². The Morgan fingerprint density at radius 2 is 1.84 bits per heavy atom. The Morgan fingerprint density at radius 3 is 2.63 bits per heavy atom. The summed E-state index contributed by atoms with van der Waals surface area (Å²) in [6, 6.07) is 12.8. The summed E-state index contributed by atoms with van der Waals surface area (Å²) >= 11 is 9.25. The van der Waals surface area contributed by atoms with Crippen molar-refractivity contribution >= 4 is 33.2 Å². The van der Waals surface area contributed by atoms with Crippen molar-refractivity contribution in [2.75, 3.05) is 18.9 Å². The molecular formula is C14H13BrClNO2. The second kappa shape index (κ2) is 6.68. The van der Waals surface area contributed by atoms with Gasteiger partial charge in [0.1, 0.15) is 24.7 Å². The van der Waals surface area contributed by atoms with Gasteiger partial charge in [0, 0.05) is 15.6 Å². The minimum Gasteiger partial charge on any atom is -0.490 e. The van der Waals surface area contributed by atoms with Crippen molar-refractivity contribution < 1.29 is 9.47 Å². The summed E-state index contributed by atoms with van der Waals surface area (Å²) in [5, 5.41) is 0.595. The second-order valence-electron chi connectivity index (χ2n) is 3.84. The summed E-state index contributed by atoms with van der Waals surface area (Å²) in [6.07, 6.45) is 0. The van der Waals surface area contributed by atoms with Crippen molar-refractivity contribution in [2.45, 2.75) is 0 Å². The van der Waals surface area contributed by atoms with Crippen molar-refractivity contribution in [1.82, 2.24) is 0 Å². The molecule has 19 heavy (non-hydrogen) atoms. The van der Waals surface area contributed by atoms with Crippen LogP contribution in [0.15, 0.2) is 46.9 Å². The first-order valence-corrected chi connectivity index (χ1v) is 6.88. The van der Waals surface area contributed by atoms with E-state index in [9.17, 15) is 0 Å². The number of anilines is 1. The summed E-state index contributed by atoms with van der Waals surface area (Å²) in [5.74, 6) is 1.36. The van der Waals surface area contributed by atoms with E-state index < -0.39 is 0 Å². The van der Waals surface area contributed by atoms with Crippen LogP contribution in [0, 0.1) is 0 Å². The minimum absolute atomic E-state index is 0.400. The van der Waals surface area contributed by atoms with Gasteiger partial charge in [-0.2, -0.15) is 0 Å². The van der Waals surface area contributed by atoms with Gasteiger partial charge in [-0.15, -0.1) is 0 Å². The second-order valence-corrected chi connectivity index (χ2v) is 5.19. The van der Waals surface area contributed by atoms with Crippen LogP contribution in [0.5, 0.6) is 11.5 Å². The predicted molar refractivity (Wildman–Crippen MR) is 81.0 cm³/mol. The van der Waals surface area contributed by atoms with Crippen LogP contribution in [-0.4, -0.2) is 13.2 Å². The molecule has 3 nitrogen and oxygen atoms in total. The van der Waals surface area contributed by atoms with Gasteiger partial charge in [0.05, 0.1) is 5.69 Å². The fourth-order valence-corrected chi connectivity index (χ4v) is 2.04. The van der Waals surface area contributed by atoms with Crippen molar-refractivity contribution in [3.8, 4) is 11.5 Å². The van der Waals surface area contributed by atoms with Crippen molar-refractivity contribution in [2.24, 2.45) is 0 Å². The van der Waals surface area contributed by atoms with Crippen LogP contribution in [0.1, 0.15) is 0 Å². The summed E-state index contributed by atoms with van der Waals surface area (Å²) < 4.78 is 12.1. The number of nitrogen functional groups attached to an aromatic ring is 1. The number of ether oxygens (including phenoxy) is 2. The smallest absolute Gasteiger partial charge is 0.143 e. The van der Waals surface area contributed by atoms with E-state index in [-0.39, 0.29) is 0 Å². The van der Waals surface area contributed by atoms with Crippen molar-refractivity contribution in [3.05, 3.63) is 52.0 Å². The molecule has 0 bridgehead atoms. The number of benzene rings is 2. The average Bonchev–Trinajstić information content (AvgIpc) is 2.39. The SMILES string of the molecule is Nc1ccc(Cl)cc1OCCOc1cccc(Br)c1. The van der Waals surface area contributed by atoms with E-state index in [1.165, 1.54) is 0 Å². The summed E-state index contributed by atoms with van der Waals surface area (Å²) in [5.41, 5.74) is 6.33. The Labute approximate surface area is 125 Å². The predicted octanol–water partition coefficient (Wildman–Crippen LogP) is 4.14. The van der Waals surface area contributed by atoms with E-state index >= 15 is 0 Å². The lowest BCUT2D eigenvalue weighted by Gasteiger charge is -2.10. The van der Waals surface area contributed by atoms with Gasteiger partial charge >= 0.3 is 0 Å². The molecule has 0 aliphatic rings. The zero-order valence-corrected chi connectivity index (χ0v) is 12.4. The number of hydrogen-bond donors (Lipinski definition) is 1. The molecule has 2 rings (SSSR count). The van der Waals surface area contributed by atoms with Gasteiger partial charge in [-0.3, -0.25) is 0 Å². The molecule has 0 amide bonds. The van der Waals surface area contributed by atoms with E-state index in [0.717, 1.165) is 10.2 Å². The molecule has 2 aromatic rings. The molecule has 5 heteroatoms. The average molecular weight is 343 g/mol. The van der Waals surface area contributed by atoms with Gasteiger partial charge in [0.15, 0.2) is 0 Å². The van der Waals surface area contributed by atoms with Gasteiger partial charge < -0.3 is 15.2 Å². The molecule has 100 valence electrons. The Hall–Kier alpha value is -1.39. The van der Waals surface area contributed by atoms with E-state index in [1.807, 2.05) is 24.3 Å². The summed E-state index contributed by atoms with van der Waals surface area (Å²) in [4.78, 5) is 0. The normalized spacial score (nSPS) is 10.2. The van der Waals surface area contributed by atoms with Gasteiger partial charge in [-0.25, -0.2) is 0 Å². The number of rotatable bonds is 5. The first-order valence-electron chi connectivity index (χ1n) is 5.71. The molecule has 0 saturated carbocycles. The summed E-state index contributed by atoms with van der Waals surface area (Å²) in [7, 11) is 0. The lowest BCUT2D eigenvalue weighted by molar-refractivity contribution is 0.218. The van der Waals surface area contributed by atoms with Crippen LogP contribution in [-0.2, 0) is 0 Å². The Morgan fingerprint density at radius 1 is 1.05 bits per heavy atom. The third-order valence-electron chi connectivity index (χ3n) is 2.38. The number of nitrogens with two attached hydrogens (primary N) is 1. The highest BCUT2D eigenvalue weighted by molar-refractivity contribution is 9.10. The van der Waals surface area contributed by atoms with Crippen LogP contribution >= 0.6 is 27.5 Å². The van der Waals surface area contributed by atoms with Crippen LogP contribution in [0.4, 0.5) is 5.69 Å². The number of halogens is 2. The van der Waals surface area contributed by atoms with Crippen LogP contribution in [0.2, 0.25) is 5.02 Å². The van der Waals surface area contributed by atoms with Gasteiger partial charge in [-0.05, 0) is 30.3 Å². The molecule has 0 unspecified atom stereocenters. The molecule has 0 radical (unpaired) electrons. The highest BCUT2D eigenvalue weighted by Crippen LogP contribution is 2.25. The molecule has 0 spiro atoms. The van der Waals surface area contributed by atoms with Crippen LogP contribution < -0.4 is 15.2 Å². The molecule has 0 fully saturated rings. The fraction of sp³-hybridized carbons (Fsp3) is 0.143. The van der Waals surface area contributed by atoms with Crippen molar-refractivity contribution in [1.29, 1.82) is 0 Å². The molecule has 2 N–H and O–H groups in total. The third-order valence-corrected chi connectivity index (χ3v) is 3.11. The maximum Gasteiger partial charge on any atom is 0.143 e. The first-order chi connectivity index (χ1) is 9.15. The third kappa shape index (κ3) is 4.33. The van der Waals surface area contributed by atoms with Crippen LogP contribution in [0.25, 0.3) is 0 Å². The van der Waals surface area contributed by atoms with Gasteiger partial charge in [0.2, 0.25) is 0 Å². The largest absolute Gasteiger partial charge is 0.490 e. The molecule has 0 aliphatic carbocycles. The lowest BCUT2D eigenvalue weighted by atomic mass is 10.3. The Bertz CT molecular complexity index is 563. The topological polar surface area (TPSA) is 44.5 Å². The first kappa shape index (κ1) is 14.0. The molecule has 0 heterocycles. The highest BCUT2D eigenvalue weighted by atomic mass is 79.9. The molecule has 2 aromatic carbocycles. The van der Waals surface area contributed by atoms with E-state index in [0.29, 0.717) is 29.7 Å². The van der Waals surface area contributed by atoms with E-state index in [4.69, 9.17) is 26.8 Å². The molecular weight excluding hydrogens is 330 g/mol. The fourth-order valence-electron chi connectivity index (χ4n) is 1.50. The maximum absolute atomic E-state index is 5.87. The summed E-state index contributed by atoms with van der Waals surface area (Å²) in [6.45, 7) is 0.833. The molecule has 0 atom stereocenters. The van der Waals surface area contributed by atoms with E-state index in [1.54, 1.807) is 18.2 Å². The number of hydrogen-bond acceptors (Lipinski definition) is 3. The zero-order chi connectivity index (χ0) is 13.7. The van der Waals surface area contributed by atoms with Crippen molar-refractivity contribution in [3.63, 3.8) is 0 Å².